The molecule has 0 radical (unpaired) electrons. The molecule has 0 atom stereocenters. The van der Waals surface area contributed by atoms with Crippen molar-refractivity contribution in [2.45, 2.75) is 0 Å². The van der Waals surface area contributed by atoms with Gasteiger partial charge in [0, 0.05) is 13.1 Å². The predicted molar refractivity (Wildman–Crippen MR) is 45.0 cm³/mol. The molecule has 1 heterocycles. The summed E-state index contributed by atoms with van der Waals surface area (Å²) in [5.41, 5.74) is 0. The van der Waals surface area contributed by atoms with E-state index >= 15 is 0 Å². The van der Waals surface area contributed by atoms with Gasteiger partial charge in [0.2, 0.25) is 0 Å². The molecule has 0 fully saturated rings. The van der Waals surface area contributed by atoms with Crippen molar-refractivity contribution in [2.24, 2.45) is 0 Å². The molecule has 4 heteroatoms. The molecule has 0 aliphatic carbocycles. The van der Waals surface area contributed by atoms with Crippen LogP contribution in [0.2, 0.25) is 0 Å². The van der Waals surface area contributed by atoms with Gasteiger partial charge in [0.1, 0.15) is 0 Å². The van der Waals surface area contributed by atoms with Gasteiger partial charge < -0.3 is 15.1 Å². The van der Waals surface area contributed by atoms with Crippen LogP contribution in [0.25, 0.3) is 0 Å². The zero-order valence-electron chi connectivity index (χ0n) is 6.96. The van der Waals surface area contributed by atoms with Gasteiger partial charge in [-0.15, -0.1) is 0 Å². The second-order valence-electron chi connectivity index (χ2n) is 2.34. The van der Waals surface area contributed by atoms with Crippen LogP contribution >= 0.6 is 0 Å². The van der Waals surface area contributed by atoms with E-state index in [9.17, 15) is 4.79 Å². The highest BCUT2D eigenvalue weighted by Gasteiger charge is 2.05. The number of likely N-dealkylation sites (N-methyl/N-ethyl adjacent to an activating group) is 1. The predicted octanol–water partition coefficient (Wildman–Crippen LogP) is 0.229. The van der Waals surface area contributed by atoms with E-state index in [2.05, 4.69) is 10.6 Å². The summed E-state index contributed by atoms with van der Waals surface area (Å²) in [6.07, 6.45) is 1.48. The summed E-state index contributed by atoms with van der Waals surface area (Å²) < 4.78 is 4.89. The van der Waals surface area contributed by atoms with Crippen molar-refractivity contribution >= 4 is 5.91 Å². The normalized spacial score (nSPS) is 9.75. The summed E-state index contributed by atoms with van der Waals surface area (Å²) in [4.78, 5) is 11.1. The van der Waals surface area contributed by atoms with Gasteiger partial charge in [-0.05, 0) is 19.2 Å². The molecule has 0 unspecified atom stereocenters. The first-order valence-corrected chi connectivity index (χ1v) is 3.81. The largest absolute Gasteiger partial charge is 0.459 e. The molecular weight excluding hydrogens is 156 g/mol. The van der Waals surface area contributed by atoms with E-state index in [1.165, 1.54) is 6.26 Å². The molecule has 4 nitrogen and oxygen atoms in total. The lowest BCUT2D eigenvalue weighted by molar-refractivity contribution is 0.0926. The number of hydrogen-bond acceptors (Lipinski definition) is 3. The van der Waals surface area contributed by atoms with Crippen LogP contribution in [-0.2, 0) is 0 Å². The van der Waals surface area contributed by atoms with Gasteiger partial charge in [-0.1, -0.05) is 0 Å². The molecule has 1 rings (SSSR count). The zero-order chi connectivity index (χ0) is 8.81. The van der Waals surface area contributed by atoms with Gasteiger partial charge in [-0.3, -0.25) is 4.79 Å². The highest BCUT2D eigenvalue weighted by molar-refractivity contribution is 5.91. The summed E-state index contributed by atoms with van der Waals surface area (Å²) >= 11 is 0. The molecule has 1 amide bonds. The molecule has 0 saturated carbocycles. The van der Waals surface area contributed by atoms with Crippen molar-refractivity contribution in [3.05, 3.63) is 24.2 Å². The lowest BCUT2D eigenvalue weighted by atomic mass is 10.4. The first kappa shape index (κ1) is 8.80. The zero-order valence-corrected chi connectivity index (χ0v) is 6.96. The summed E-state index contributed by atoms with van der Waals surface area (Å²) in [6.45, 7) is 1.36. The lowest BCUT2D eigenvalue weighted by Crippen LogP contribution is -2.30. The number of hydrogen-bond donors (Lipinski definition) is 2. The van der Waals surface area contributed by atoms with Gasteiger partial charge in [-0.2, -0.15) is 0 Å². The van der Waals surface area contributed by atoms with Crippen molar-refractivity contribution in [3.8, 4) is 0 Å². The Labute approximate surface area is 70.9 Å². The highest BCUT2D eigenvalue weighted by atomic mass is 16.3. The topological polar surface area (TPSA) is 54.3 Å². The van der Waals surface area contributed by atoms with Gasteiger partial charge in [0.15, 0.2) is 5.76 Å². The number of carbonyl (C=O) groups is 1. The van der Waals surface area contributed by atoms with E-state index < -0.39 is 0 Å². The van der Waals surface area contributed by atoms with Gasteiger partial charge in [-0.25, -0.2) is 0 Å². The van der Waals surface area contributed by atoms with Gasteiger partial charge >= 0.3 is 0 Å². The quantitative estimate of drug-likeness (QED) is 0.633. The number of nitrogens with one attached hydrogen (secondary N) is 2. The van der Waals surface area contributed by atoms with Crippen LogP contribution in [0.15, 0.2) is 22.8 Å². The molecule has 12 heavy (non-hydrogen) atoms. The molecule has 1 aromatic rings. The third-order valence-corrected chi connectivity index (χ3v) is 1.41. The SMILES string of the molecule is CNCCNC(=O)c1ccco1. The van der Waals surface area contributed by atoms with Crippen LogP contribution in [-0.4, -0.2) is 26.0 Å². The van der Waals surface area contributed by atoms with E-state index in [4.69, 9.17) is 4.42 Å². The van der Waals surface area contributed by atoms with E-state index in [1.807, 2.05) is 7.05 Å². The highest BCUT2D eigenvalue weighted by Crippen LogP contribution is 1.98. The van der Waals surface area contributed by atoms with Crippen LogP contribution in [0.1, 0.15) is 10.6 Å². The molecule has 0 spiro atoms. The second kappa shape index (κ2) is 4.56. The smallest absolute Gasteiger partial charge is 0.287 e. The Balaban J connectivity index is 2.30. The van der Waals surface area contributed by atoms with Crippen LogP contribution in [0.5, 0.6) is 0 Å². The minimum Gasteiger partial charge on any atom is -0.459 e. The Bertz CT molecular complexity index is 231. The average Bonchev–Trinajstić information content (AvgIpc) is 2.56. The summed E-state index contributed by atoms with van der Waals surface area (Å²) in [6, 6.07) is 3.32. The van der Waals surface area contributed by atoms with Crippen LogP contribution in [0.3, 0.4) is 0 Å². The summed E-state index contributed by atoms with van der Waals surface area (Å²) in [5.74, 6) is 0.182. The van der Waals surface area contributed by atoms with Gasteiger partial charge in [0.25, 0.3) is 5.91 Å². The molecule has 0 bridgehead atoms. The summed E-state index contributed by atoms with van der Waals surface area (Å²) in [5, 5.41) is 5.61. The third kappa shape index (κ3) is 2.39. The number of rotatable bonds is 4. The fraction of sp³-hybridized carbons (Fsp3) is 0.375. The Morgan fingerprint density at radius 3 is 3.00 bits per heavy atom. The minimum atomic E-state index is -0.171. The standard InChI is InChI=1S/C8H12N2O2/c1-9-4-5-10-8(11)7-3-2-6-12-7/h2-3,6,9H,4-5H2,1H3,(H,10,11). The fourth-order valence-corrected chi connectivity index (χ4v) is 0.796. The van der Waals surface area contributed by atoms with Crippen molar-refractivity contribution in [1.82, 2.24) is 10.6 Å². The monoisotopic (exact) mass is 168 g/mol. The summed E-state index contributed by atoms with van der Waals surface area (Å²) in [7, 11) is 1.83. The van der Waals surface area contributed by atoms with Crippen LogP contribution in [0, 0.1) is 0 Å². The number of amides is 1. The Morgan fingerprint density at radius 2 is 2.42 bits per heavy atom. The van der Waals surface area contributed by atoms with Crippen molar-refractivity contribution < 1.29 is 9.21 Å². The average molecular weight is 168 g/mol. The molecule has 0 saturated heterocycles. The van der Waals surface area contributed by atoms with Crippen molar-refractivity contribution in [1.29, 1.82) is 0 Å². The molecule has 1 aromatic heterocycles. The van der Waals surface area contributed by atoms with Crippen LogP contribution < -0.4 is 10.6 Å². The maximum Gasteiger partial charge on any atom is 0.287 e. The molecule has 0 aliphatic rings. The van der Waals surface area contributed by atoms with Crippen molar-refractivity contribution in [2.75, 3.05) is 20.1 Å². The Kier molecular flexibility index (Phi) is 3.35. The van der Waals surface area contributed by atoms with E-state index in [-0.39, 0.29) is 5.91 Å². The van der Waals surface area contributed by atoms with Crippen LogP contribution in [0.4, 0.5) is 0 Å². The molecule has 66 valence electrons. The number of carbonyl (C=O) groups excluding carboxylic acids is 1. The van der Waals surface area contributed by atoms with E-state index in [1.54, 1.807) is 12.1 Å². The molecule has 2 N–H and O–H groups in total. The first-order valence-electron chi connectivity index (χ1n) is 3.81. The Hall–Kier alpha value is -1.29. The molecular formula is C8H12N2O2. The molecule has 0 aliphatic heterocycles. The fourth-order valence-electron chi connectivity index (χ4n) is 0.796. The second-order valence-corrected chi connectivity index (χ2v) is 2.34. The maximum absolute atomic E-state index is 11.1. The van der Waals surface area contributed by atoms with E-state index in [0.717, 1.165) is 6.54 Å². The van der Waals surface area contributed by atoms with Crippen molar-refractivity contribution in [3.63, 3.8) is 0 Å². The third-order valence-electron chi connectivity index (χ3n) is 1.41. The van der Waals surface area contributed by atoms with E-state index in [0.29, 0.717) is 12.3 Å². The Morgan fingerprint density at radius 1 is 1.58 bits per heavy atom. The first-order chi connectivity index (χ1) is 5.84. The number of furan rings is 1. The van der Waals surface area contributed by atoms with Gasteiger partial charge in [0.05, 0.1) is 6.26 Å². The lowest BCUT2D eigenvalue weighted by Gasteiger charge is -2.00. The minimum absolute atomic E-state index is 0.171. The molecule has 0 aromatic carbocycles. The maximum atomic E-state index is 11.1.